The summed E-state index contributed by atoms with van der Waals surface area (Å²) in [5, 5.41) is 21.5. The summed E-state index contributed by atoms with van der Waals surface area (Å²) in [6.07, 6.45) is 3.52. The van der Waals surface area contributed by atoms with E-state index in [1.165, 1.54) is 12.1 Å². The van der Waals surface area contributed by atoms with Gasteiger partial charge in [0, 0.05) is 17.4 Å². The maximum Gasteiger partial charge on any atom is 0.335 e. The minimum absolute atomic E-state index is 0.179. The van der Waals surface area contributed by atoms with Crippen LogP contribution in [0.5, 0.6) is 0 Å². The van der Waals surface area contributed by atoms with Crippen LogP contribution in [-0.2, 0) is 4.79 Å². The highest BCUT2D eigenvalue weighted by atomic mass is 16.4. The molecule has 0 aliphatic rings. The molecule has 132 valence electrons. The molecule has 4 N–H and O–H groups in total. The topological polar surface area (TPSA) is 107 Å². The zero-order chi connectivity index (χ0) is 18.5. The summed E-state index contributed by atoms with van der Waals surface area (Å²) < 4.78 is 0. The van der Waals surface area contributed by atoms with Crippen LogP contribution in [0.1, 0.15) is 22.0 Å². The molecule has 0 radical (unpaired) electrons. The van der Waals surface area contributed by atoms with Gasteiger partial charge in [-0.3, -0.25) is 9.89 Å². The van der Waals surface area contributed by atoms with Crippen LogP contribution < -0.4 is 10.6 Å². The normalized spacial score (nSPS) is 11.7. The number of carboxylic acids is 1. The maximum absolute atomic E-state index is 12.6. The van der Waals surface area contributed by atoms with Crippen LogP contribution in [0.3, 0.4) is 0 Å². The minimum Gasteiger partial charge on any atom is -0.478 e. The molecule has 1 aromatic heterocycles. The number of carbonyl (C=O) groups excluding carboxylic acids is 1. The highest BCUT2D eigenvalue weighted by Crippen LogP contribution is 2.21. The lowest BCUT2D eigenvalue weighted by Gasteiger charge is -2.17. The number of aromatic amines is 1. The summed E-state index contributed by atoms with van der Waals surface area (Å²) in [6.45, 7) is 0. The average molecular weight is 350 g/mol. The molecule has 3 aromatic rings. The third kappa shape index (κ3) is 3.79. The first-order valence-corrected chi connectivity index (χ1v) is 7.99. The van der Waals surface area contributed by atoms with E-state index < -0.39 is 12.0 Å². The number of nitrogens with one attached hydrogen (secondary N) is 3. The summed E-state index contributed by atoms with van der Waals surface area (Å²) in [5.41, 5.74) is 3.49. The fourth-order valence-electron chi connectivity index (χ4n) is 2.64. The van der Waals surface area contributed by atoms with E-state index in [-0.39, 0.29) is 11.5 Å². The third-order valence-electron chi connectivity index (χ3n) is 4.03. The highest BCUT2D eigenvalue weighted by molar-refractivity contribution is 5.96. The quantitative estimate of drug-likeness (QED) is 0.547. The molecular formula is C19H18N4O3. The predicted molar refractivity (Wildman–Crippen MR) is 97.9 cm³/mol. The highest BCUT2D eigenvalue weighted by Gasteiger charge is 2.19. The van der Waals surface area contributed by atoms with Crippen molar-refractivity contribution in [2.24, 2.45) is 0 Å². The Morgan fingerprint density at radius 2 is 1.73 bits per heavy atom. The lowest BCUT2D eigenvalue weighted by molar-refractivity contribution is -0.118. The molecule has 26 heavy (non-hydrogen) atoms. The third-order valence-corrected chi connectivity index (χ3v) is 4.03. The van der Waals surface area contributed by atoms with Crippen molar-refractivity contribution >= 4 is 17.6 Å². The number of amides is 1. The number of aromatic carboxylic acids is 1. The fourth-order valence-corrected chi connectivity index (χ4v) is 2.64. The molecule has 0 fully saturated rings. The van der Waals surface area contributed by atoms with Crippen molar-refractivity contribution < 1.29 is 14.7 Å². The molecule has 3 rings (SSSR count). The summed E-state index contributed by atoms with van der Waals surface area (Å²) >= 11 is 0. The second-order valence-corrected chi connectivity index (χ2v) is 5.70. The van der Waals surface area contributed by atoms with Gasteiger partial charge in [-0.05, 0) is 42.4 Å². The van der Waals surface area contributed by atoms with Crippen LogP contribution in [0, 0.1) is 0 Å². The number of rotatable bonds is 6. The molecule has 1 unspecified atom stereocenters. The van der Waals surface area contributed by atoms with E-state index in [2.05, 4.69) is 20.8 Å². The molecule has 7 heteroatoms. The molecule has 1 heterocycles. The maximum atomic E-state index is 12.6. The van der Waals surface area contributed by atoms with E-state index in [0.717, 1.165) is 11.1 Å². The van der Waals surface area contributed by atoms with Gasteiger partial charge >= 0.3 is 5.97 Å². The van der Waals surface area contributed by atoms with Gasteiger partial charge in [-0.1, -0.05) is 24.3 Å². The van der Waals surface area contributed by atoms with E-state index in [1.807, 2.05) is 24.3 Å². The lowest BCUT2D eigenvalue weighted by atomic mass is 10.0. The zero-order valence-corrected chi connectivity index (χ0v) is 14.1. The van der Waals surface area contributed by atoms with E-state index in [0.29, 0.717) is 11.3 Å². The number of carboxylic acid groups (broad SMARTS) is 1. The second-order valence-electron chi connectivity index (χ2n) is 5.70. The van der Waals surface area contributed by atoms with Crippen LogP contribution in [0.25, 0.3) is 11.1 Å². The summed E-state index contributed by atoms with van der Waals surface area (Å²) in [4.78, 5) is 23.5. The number of carbonyl (C=O) groups is 2. The van der Waals surface area contributed by atoms with Crippen LogP contribution >= 0.6 is 0 Å². The largest absolute Gasteiger partial charge is 0.478 e. The first kappa shape index (κ1) is 17.4. The SMILES string of the molecule is CNC(C(=O)Nc1ccc(-c2cn[nH]c2)cc1)c1ccc(C(=O)O)cc1. The molecule has 0 spiro atoms. The Kier molecular flexibility index (Phi) is 5.09. The van der Waals surface area contributed by atoms with Gasteiger partial charge in [0.1, 0.15) is 6.04 Å². The standard InChI is InChI=1S/C19H18N4O3/c1-20-17(13-2-4-14(5-3-13)19(25)26)18(24)23-16-8-6-12(7-9-16)15-10-21-22-11-15/h2-11,17,20H,1H3,(H,21,22)(H,23,24)(H,25,26). The van der Waals surface area contributed by atoms with Crippen LogP contribution in [0.4, 0.5) is 5.69 Å². The summed E-state index contributed by atoms with van der Waals surface area (Å²) in [7, 11) is 1.68. The lowest BCUT2D eigenvalue weighted by Crippen LogP contribution is -2.30. The van der Waals surface area contributed by atoms with Crippen LogP contribution in [-0.4, -0.2) is 34.2 Å². The zero-order valence-electron chi connectivity index (χ0n) is 14.1. The van der Waals surface area contributed by atoms with Gasteiger partial charge in [0.25, 0.3) is 0 Å². The van der Waals surface area contributed by atoms with Crippen molar-refractivity contribution in [1.82, 2.24) is 15.5 Å². The average Bonchev–Trinajstić information content (AvgIpc) is 3.18. The Morgan fingerprint density at radius 1 is 1.04 bits per heavy atom. The number of benzene rings is 2. The monoisotopic (exact) mass is 350 g/mol. The molecule has 0 saturated carbocycles. The van der Waals surface area contributed by atoms with Crippen molar-refractivity contribution in [2.45, 2.75) is 6.04 Å². The minimum atomic E-state index is -1.00. The molecule has 0 saturated heterocycles. The van der Waals surface area contributed by atoms with E-state index in [1.54, 1.807) is 31.6 Å². The Bertz CT molecular complexity index is 888. The van der Waals surface area contributed by atoms with E-state index in [4.69, 9.17) is 5.11 Å². The number of aromatic nitrogens is 2. The first-order chi connectivity index (χ1) is 12.6. The molecule has 7 nitrogen and oxygen atoms in total. The van der Waals surface area contributed by atoms with Crippen molar-refractivity contribution in [1.29, 1.82) is 0 Å². The Balaban J connectivity index is 1.71. The first-order valence-electron chi connectivity index (χ1n) is 7.99. The number of hydrogen-bond acceptors (Lipinski definition) is 4. The molecular weight excluding hydrogens is 332 g/mol. The van der Waals surface area contributed by atoms with Crippen molar-refractivity contribution in [3.8, 4) is 11.1 Å². The molecule has 1 amide bonds. The predicted octanol–water partition coefficient (Wildman–Crippen LogP) is 2.67. The van der Waals surface area contributed by atoms with Gasteiger partial charge in [0.15, 0.2) is 0 Å². The Hall–Kier alpha value is -3.45. The van der Waals surface area contributed by atoms with Crippen LogP contribution in [0.2, 0.25) is 0 Å². The molecule has 0 aliphatic heterocycles. The molecule has 0 bridgehead atoms. The number of anilines is 1. The molecule has 1 atom stereocenters. The number of hydrogen-bond donors (Lipinski definition) is 4. The summed E-state index contributed by atoms with van der Waals surface area (Å²) in [5.74, 6) is -1.23. The number of nitrogens with zero attached hydrogens (tertiary/aromatic N) is 1. The van der Waals surface area contributed by atoms with Crippen LogP contribution in [0.15, 0.2) is 60.9 Å². The van der Waals surface area contributed by atoms with Gasteiger partial charge < -0.3 is 15.7 Å². The second kappa shape index (κ2) is 7.62. The van der Waals surface area contributed by atoms with Gasteiger partial charge in [-0.25, -0.2) is 4.79 Å². The van der Waals surface area contributed by atoms with Crippen molar-refractivity contribution in [3.05, 3.63) is 72.1 Å². The molecule has 0 aliphatic carbocycles. The van der Waals surface area contributed by atoms with Gasteiger partial charge in [0.05, 0.1) is 11.8 Å². The smallest absolute Gasteiger partial charge is 0.335 e. The summed E-state index contributed by atoms with van der Waals surface area (Å²) in [6, 6.07) is 13.1. The van der Waals surface area contributed by atoms with Gasteiger partial charge in [-0.2, -0.15) is 5.10 Å². The van der Waals surface area contributed by atoms with Crippen molar-refractivity contribution in [3.63, 3.8) is 0 Å². The fraction of sp³-hybridized carbons (Fsp3) is 0.105. The van der Waals surface area contributed by atoms with Crippen molar-refractivity contribution in [2.75, 3.05) is 12.4 Å². The van der Waals surface area contributed by atoms with E-state index >= 15 is 0 Å². The Morgan fingerprint density at radius 3 is 2.27 bits per heavy atom. The number of likely N-dealkylation sites (N-methyl/N-ethyl adjacent to an activating group) is 1. The number of H-pyrrole nitrogens is 1. The Labute approximate surface area is 150 Å². The van der Waals surface area contributed by atoms with E-state index in [9.17, 15) is 9.59 Å². The van der Waals surface area contributed by atoms with Gasteiger partial charge in [-0.15, -0.1) is 0 Å². The molecule has 2 aromatic carbocycles. The van der Waals surface area contributed by atoms with Gasteiger partial charge in [0.2, 0.25) is 5.91 Å².